The first kappa shape index (κ1) is 17.2. The molecule has 114 valence electrons. The van der Waals surface area contributed by atoms with Crippen molar-refractivity contribution in [1.82, 2.24) is 5.32 Å². The molecule has 0 fully saturated rings. The molecule has 0 amide bonds. The molecule has 0 bridgehead atoms. The monoisotopic (exact) mass is 297 g/mol. The molecule has 20 heavy (non-hydrogen) atoms. The van der Waals surface area contributed by atoms with Gasteiger partial charge in [0, 0.05) is 6.04 Å². The maximum absolute atomic E-state index is 12.2. The fraction of sp³-hybridized carbons (Fsp3) is 0.625. The highest BCUT2D eigenvalue weighted by Gasteiger charge is 2.19. The first-order chi connectivity index (χ1) is 9.39. The number of benzene rings is 1. The van der Waals surface area contributed by atoms with Crippen LogP contribution in [0.4, 0.5) is 0 Å². The van der Waals surface area contributed by atoms with Crippen LogP contribution < -0.4 is 5.32 Å². The van der Waals surface area contributed by atoms with E-state index in [9.17, 15) is 8.42 Å². The largest absolute Gasteiger partial charge is 0.312 e. The van der Waals surface area contributed by atoms with Crippen molar-refractivity contribution in [2.45, 2.75) is 46.1 Å². The van der Waals surface area contributed by atoms with Gasteiger partial charge in [-0.2, -0.15) is 0 Å². The van der Waals surface area contributed by atoms with Crippen LogP contribution >= 0.6 is 0 Å². The highest BCUT2D eigenvalue weighted by molar-refractivity contribution is 7.91. The summed E-state index contributed by atoms with van der Waals surface area (Å²) in [4.78, 5) is 0. The molecule has 0 aliphatic heterocycles. The van der Waals surface area contributed by atoms with Crippen LogP contribution in [0.15, 0.2) is 18.2 Å². The van der Waals surface area contributed by atoms with Crippen molar-refractivity contribution in [3.05, 3.63) is 34.9 Å². The van der Waals surface area contributed by atoms with Gasteiger partial charge in [-0.3, -0.25) is 0 Å². The number of unbranched alkanes of at least 4 members (excludes halogenated alkanes) is 2. The Morgan fingerprint density at radius 3 is 2.40 bits per heavy atom. The Morgan fingerprint density at radius 2 is 1.85 bits per heavy atom. The minimum Gasteiger partial charge on any atom is -0.312 e. The van der Waals surface area contributed by atoms with Gasteiger partial charge in [0.15, 0.2) is 9.84 Å². The molecule has 1 aromatic carbocycles. The second-order valence-electron chi connectivity index (χ2n) is 5.51. The van der Waals surface area contributed by atoms with Crippen LogP contribution in [0.2, 0.25) is 0 Å². The normalized spacial score (nSPS) is 13.4. The Hall–Kier alpha value is -0.870. The molecule has 4 heteroatoms. The number of aryl methyl sites for hydroxylation is 2. The average molecular weight is 297 g/mol. The maximum atomic E-state index is 12.2. The summed E-state index contributed by atoms with van der Waals surface area (Å²) in [7, 11) is -1.18. The van der Waals surface area contributed by atoms with Gasteiger partial charge in [-0.1, -0.05) is 38.0 Å². The van der Waals surface area contributed by atoms with Crippen LogP contribution in [0.5, 0.6) is 0 Å². The van der Waals surface area contributed by atoms with E-state index in [-0.39, 0.29) is 11.8 Å². The summed E-state index contributed by atoms with van der Waals surface area (Å²) in [5.74, 6) is 0.472. The topological polar surface area (TPSA) is 46.2 Å². The van der Waals surface area contributed by atoms with Crippen molar-refractivity contribution in [3.8, 4) is 0 Å². The van der Waals surface area contributed by atoms with Crippen LogP contribution in [0, 0.1) is 13.8 Å². The lowest BCUT2D eigenvalue weighted by atomic mass is 10.0. The van der Waals surface area contributed by atoms with E-state index in [2.05, 4.69) is 38.2 Å². The van der Waals surface area contributed by atoms with Crippen LogP contribution in [0.25, 0.3) is 0 Å². The zero-order chi connectivity index (χ0) is 15.2. The molecule has 0 aliphatic carbocycles. The molecule has 1 atom stereocenters. The first-order valence-corrected chi connectivity index (χ1v) is 9.16. The number of sulfone groups is 1. The second-order valence-corrected chi connectivity index (χ2v) is 7.74. The van der Waals surface area contributed by atoms with E-state index in [0.717, 1.165) is 24.8 Å². The van der Waals surface area contributed by atoms with E-state index in [1.165, 1.54) is 11.1 Å². The van der Waals surface area contributed by atoms with E-state index in [0.29, 0.717) is 5.75 Å². The van der Waals surface area contributed by atoms with E-state index in [1.54, 1.807) is 0 Å². The van der Waals surface area contributed by atoms with Gasteiger partial charge in [0.05, 0.1) is 11.5 Å². The lowest BCUT2D eigenvalue weighted by Crippen LogP contribution is -2.26. The first-order valence-electron chi connectivity index (χ1n) is 7.34. The van der Waals surface area contributed by atoms with Gasteiger partial charge in [0.2, 0.25) is 0 Å². The number of hydrogen-bond acceptors (Lipinski definition) is 3. The Balaban J connectivity index is 2.78. The fourth-order valence-corrected chi connectivity index (χ4v) is 3.91. The van der Waals surface area contributed by atoms with Crippen molar-refractivity contribution in [3.63, 3.8) is 0 Å². The van der Waals surface area contributed by atoms with Crippen LogP contribution in [0.1, 0.15) is 48.9 Å². The van der Waals surface area contributed by atoms with Gasteiger partial charge in [0.1, 0.15) is 0 Å². The van der Waals surface area contributed by atoms with E-state index >= 15 is 0 Å². The molecule has 0 saturated carbocycles. The third kappa shape index (κ3) is 5.25. The highest BCUT2D eigenvalue weighted by Crippen LogP contribution is 2.19. The van der Waals surface area contributed by atoms with Gasteiger partial charge < -0.3 is 5.32 Å². The van der Waals surface area contributed by atoms with Crippen molar-refractivity contribution in [2.24, 2.45) is 0 Å². The summed E-state index contributed by atoms with van der Waals surface area (Å²) in [5, 5.41) is 3.13. The molecule has 0 aromatic heterocycles. The van der Waals surface area contributed by atoms with Crippen molar-refractivity contribution in [1.29, 1.82) is 0 Å². The Bertz CT molecular complexity index is 523. The predicted octanol–water partition coefficient (Wildman–Crippen LogP) is 3.17. The Labute approximate surface area is 123 Å². The van der Waals surface area contributed by atoms with Crippen LogP contribution in [-0.2, 0) is 9.84 Å². The van der Waals surface area contributed by atoms with E-state index < -0.39 is 9.84 Å². The van der Waals surface area contributed by atoms with Gasteiger partial charge >= 0.3 is 0 Å². The maximum Gasteiger partial charge on any atom is 0.152 e. The van der Waals surface area contributed by atoms with Gasteiger partial charge in [0.25, 0.3) is 0 Å². The molecule has 0 spiro atoms. The van der Waals surface area contributed by atoms with Crippen molar-refractivity contribution in [2.75, 3.05) is 18.6 Å². The zero-order valence-electron chi connectivity index (χ0n) is 13.1. The zero-order valence-corrected chi connectivity index (χ0v) is 13.9. The van der Waals surface area contributed by atoms with Crippen molar-refractivity contribution >= 4 is 9.84 Å². The molecular formula is C16H27NO2S. The summed E-state index contributed by atoms with van der Waals surface area (Å²) < 4.78 is 24.3. The molecule has 0 saturated heterocycles. The summed E-state index contributed by atoms with van der Waals surface area (Å²) in [5.41, 5.74) is 3.48. The summed E-state index contributed by atoms with van der Waals surface area (Å²) in [6, 6.07) is 6.03. The predicted molar refractivity (Wildman–Crippen MR) is 85.9 cm³/mol. The average Bonchev–Trinajstić information content (AvgIpc) is 2.39. The third-order valence-corrected chi connectivity index (χ3v) is 5.51. The molecule has 1 rings (SSSR count). The van der Waals surface area contributed by atoms with Gasteiger partial charge in [-0.15, -0.1) is 0 Å². The van der Waals surface area contributed by atoms with Gasteiger partial charge in [-0.05, 0) is 44.0 Å². The molecule has 0 heterocycles. The number of hydrogen-bond donors (Lipinski definition) is 1. The van der Waals surface area contributed by atoms with Gasteiger partial charge in [-0.25, -0.2) is 8.42 Å². The summed E-state index contributed by atoms with van der Waals surface area (Å²) >= 11 is 0. The number of nitrogens with one attached hydrogen (secondary N) is 1. The fourth-order valence-electron chi connectivity index (χ4n) is 2.24. The summed E-state index contributed by atoms with van der Waals surface area (Å²) in [6.07, 6.45) is 2.79. The Kier molecular flexibility index (Phi) is 6.69. The third-order valence-electron chi connectivity index (χ3n) is 3.76. The Morgan fingerprint density at radius 1 is 1.15 bits per heavy atom. The lowest BCUT2D eigenvalue weighted by molar-refractivity contribution is 0.570. The minimum atomic E-state index is -3.00. The second kappa shape index (κ2) is 7.79. The van der Waals surface area contributed by atoms with Crippen LogP contribution in [0.3, 0.4) is 0 Å². The number of rotatable bonds is 8. The minimum absolute atomic E-state index is 0.124. The molecular weight excluding hydrogens is 270 g/mol. The molecule has 0 radical (unpaired) electrons. The SMILES string of the molecule is CCCCCS(=O)(=O)CC(NC)c1ccc(C)c(C)c1. The smallest absolute Gasteiger partial charge is 0.152 e. The van der Waals surface area contributed by atoms with E-state index in [1.807, 2.05) is 13.1 Å². The lowest BCUT2D eigenvalue weighted by Gasteiger charge is -2.18. The van der Waals surface area contributed by atoms with E-state index in [4.69, 9.17) is 0 Å². The quantitative estimate of drug-likeness (QED) is 0.750. The van der Waals surface area contributed by atoms with Crippen molar-refractivity contribution < 1.29 is 8.42 Å². The molecule has 1 N–H and O–H groups in total. The summed E-state index contributed by atoms with van der Waals surface area (Å²) in [6.45, 7) is 6.20. The molecule has 3 nitrogen and oxygen atoms in total. The standard InChI is InChI=1S/C16H27NO2S/c1-5-6-7-10-20(18,19)12-16(17-4)15-9-8-13(2)14(3)11-15/h8-9,11,16-17H,5-7,10,12H2,1-4H3. The molecule has 1 unspecified atom stereocenters. The molecule has 1 aromatic rings. The highest BCUT2D eigenvalue weighted by atomic mass is 32.2. The van der Waals surface area contributed by atoms with Crippen LogP contribution in [-0.4, -0.2) is 27.0 Å². The molecule has 0 aliphatic rings.